The summed E-state index contributed by atoms with van der Waals surface area (Å²) >= 11 is 0. The van der Waals surface area contributed by atoms with Crippen LogP contribution in [0.25, 0.3) is 0 Å². The van der Waals surface area contributed by atoms with Crippen LogP contribution in [0.5, 0.6) is 5.75 Å². The van der Waals surface area contributed by atoms with Crippen LogP contribution in [0.15, 0.2) is 24.3 Å². The number of likely N-dealkylation sites (N-methyl/N-ethyl adjacent to an activating group) is 1. The van der Waals surface area contributed by atoms with Gasteiger partial charge in [0.2, 0.25) is 5.91 Å². The highest BCUT2D eigenvalue weighted by Crippen LogP contribution is 2.23. The number of alkyl halides is 3. The number of nitrogens with zero attached hydrogens (tertiary/aromatic N) is 1. The quantitative estimate of drug-likeness (QED) is 0.873. The lowest BCUT2D eigenvalue weighted by Gasteiger charge is -2.18. The maximum atomic E-state index is 12.1. The van der Waals surface area contributed by atoms with E-state index in [1.807, 2.05) is 0 Å². The SMILES string of the molecule is CCN(CC(=O)O)C(=O)Cc1cccc(OC(F)(F)F)c1. The number of halogens is 3. The Morgan fingerprint density at radius 2 is 2.00 bits per heavy atom. The first-order chi connectivity index (χ1) is 9.71. The maximum Gasteiger partial charge on any atom is 0.573 e. The van der Waals surface area contributed by atoms with Crippen molar-refractivity contribution in [3.63, 3.8) is 0 Å². The summed E-state index contributed by atoms with van der Waals surface area (Å²) in [4.78, 5) is 23.6. The number of carbonyl (C=O) groups is 2. The number of carboxylic acid groups (broad SMARTS) is 1. The van der Waals surface area contributed by atoms with E-state index in [0.29, 0.717) is 5.56 Å². The smallest absolute Gasteiger partial charge is 0.480 e. The van der Waals surface area contributed by atoms with Crippen molar-refractivity contribution in [3.05, 3.63) is 29.8 Å². The Labute approximate surface area is 118 Å². The second kappa shape index (κ2) is 6.96. The summed E-state index contributed by atoms with van der Waals surface area (Å²) in [6, 6.07) is 5.02. The Hall–Kier alpha value is -2.25. The molecule has 0 saturated heterocycles. The normalized spacial score (nSPS) is 11.0. The van der Waals surface area contributed by atoms with E-state index in [1.165, 1.54) is 12.1 Å². The van der Waals surface area contributed by atoms with Gasteiger partial charge in [-0.05, 0) is 24.6 Å². The average molecular weight is 305 g/mol. The molecule has 1 aromatic carbocycles. The Balaban J connectivity index is 2.76. The Morgan fingerprint density at radius 3 is 2.52 bits per heavy atom. The van der Waals surface area contributed by atoms with Crippen molar-refractivity contribution >= 4 is 11.9 Å². The molecule has 0 aliphatic carbocycles. The van der Waals surface area contributed by atoms with Gasteiger partial charge in [0.05, 0.1) is 6.42 Å². The van der Waals surface area contributed by atoms with Gasteiger partial charge < -0.3 is 14.7 Å². The van der Waals surface area contributed by atoms with Gasteiger partial charge in [-0.25, -0.2) is 0 Å². The van der Waals surface area contributed by atoms with E-state index in [1.54, 1.807) is 6.92 Å². The van der Waals surface area contributed by atoms with E-state index in [-0.39, 0.29) is 13.0 Å². The van der Waals surface area contributed by atoms with Crippen LogP contribution in [0.3, 0.4) is 0 Å². The zero-order valence-corrected chi connectivity index (χ0v) is 11.2. The van der Waals surface area contributed by atoms with E-state index in [9.17, 15) is 22.8 Å². The molecule has 0 aliphatic heterocycles. The molecule has 1 amide bonds. The third-order valence-corrected chi connectivity index (χ3v) is 2.55. The highest BCUT2D eigenvalue weighted by molar-refractivity contribution is 5.83. The summed E-state index contributed by atoms with van der Waals surface area (Å²) in [7, 11) is 0. The van der Waals surface area contributed by atoms with Gasteiger partial charge in [0.25, 0.3) is 0 Å². The standard InChI is InChI=1S/C13H14F3NO4/c1-2-17(8-12(19)20)11(18)7-9-4-3-5-10(6-9)21-13(14,15)16/h3-6H,2,7-8H2,1H3,(H,19,20). The lowest BCUT2D eigenvalue weighted by molar-refractivity contribution is -0.274. The van der Waals surface area contributed by atoms with Crippen LogP contribution in [-0.2, 0) is 16.0 Å². The number of benzene rings is 1. The van der Waals surface area contributed by atoms with Crippen LogP contribution in [0.4, 0.5) is 13.2 Å². The fourth-order valence-corrected chi connectivity index (χ4v) is 1.68. The molecular formula is C13H14F3NO4. The maximum absolute atomic E-state index is 12.1. The predicted octanol–water partition coefficient (Wildman–Crippen LogP) is 2.06. The van der Waals surface area contributed by atoms with Crippen molar-refractivity contribution < 1.29 is 32.6 Å². The summed E-state index contributed by atoms with van der Waals surface area (Å²) in [5.41, 5.74) is 0.311. The monoisotopic (exact) mass is 305 g/mol. The van der Waals surface area contributed by atoms with E-state index in [2.05, 4.69) is 4.74 Å². The van der Waals surface area contributed by atoms with Crippen LogP contribution >= 0.6 is 0 Å². The van der Waals surface area contributed by atoms with Gasteiger partial charge in [0, 0.05) is 6.54 Å². The lowest BCUT2D eigenvalue weighted by Crippen LogP contribution is -2.36. The van der Waals surface area contributed by atoms with E-state index < -0.39 is 30.5 Å². The van der Waals surface area contributed by atoms with Gasteiger partial charge in [0.1, 0.15) is 12.3 Å². The van der Waals surface area contributed by atoms with Crippen LogP contribution in [0.1, 0.15) is 12.5 Å². The molecule has 0 aromatic heterocycles. The van der Waals surface area contributed by atoms with Gasteiger partial charge in [-0.3, -0.25) is 9.59 Å². The first-order valence-corrected chi connectivity index (χ1v) is 6.05. The van der Waals surface area contributed by atoms with Gasteiger partial charge in [-0.2, -0.15) is 0 Å². The van der Waals surface area contributed by atoms with Crippen LogP contribution in [0.2, 0.25) is 0 Å². The first kappa shape index (κ1) is 16.8. The fraction of sp³-hybridized carbons (Fsp3) is 0.385. The van der Waals surface area contributed by atoms with Gasteiger partial charge >= 0.3 is 12.3 Å². The third kappa shape index (κ3) is 6.15. The molecule has 1 N–H and O–H groups in total. The molecule has 116 valence electrons. The second-order valence-corrected chi connectivity index (χ2v) is 4.17. The largest absolute Gasteiger partial charge is 0.573 e. The van der Waals surface area contributed by atoms with Gasteiger partial charge in [-0.15, -0.1) is 13.2 Å². The number of carbonyl (C=O) groups excluding carboxylic acids is 1. The molecule has 0 heterocycles. The topological polar surface area (TPSA) is 66.8 Å². The highest BCUT2D eigenvalue weighted by Gasteiger charge is 2.31. The van der Waals surface area contributed by atoms with Crippen molar-refractivity contribution in [2.45, 2.75) is 19.7 Å². The number of ether oxygens (including phenoxy) is 1. The van der Waals surface area contributed by atoms with Crippen molar-refractivity contribution in [1.82, 2.24) is 4.90 Å². The second-order valence-electron chi connectivity index (χ2n) is 4.17. The van der Waals surface area contributed by atoms with E-state index in [4.69, 9.17) is 5.11 Å². The lowest BCUT2D eigenvalue weighted by atomic mass is 10.1. The number of carboxylic acids is 1. The van der Waals surface area contributed by atoms with E-state index in [0.717, 1.165) is 17.0 Å². The van der Waals surface area contributed by atoms with Crippen molar-refractivity contribution in [1.29, 1.82) is 0 Å². The first-order valence-electron chi connectivity index (χ1n) is 6.05. The molecular weight excluding hydrogens is 291 g/mol. The molecule has 0 unspecified atom stereocenters. The predicted molar refractivity (Wildman–Crippen MR) is 66.7 cm³/mol. The minimum Gasteiger partial charge on any atom is -0.480 e. The number of aliphatic carboxylic acids is 1. The summed E-state index contributed by atoms with van der Waals surface area (Å²) in [5.74, 6) is -2.06. The molecule has 0 fully saturated rings. The molecule has 0 bridgehead atoms. The third-order valence-electron chi connectivity index (χ3n) is 2.55. The molecule has 8 heteroatoms. The average Bonchev–Trinajstić information content (AvgIpc) is 2.33. The van der Waals surface area contributed by atoms with Gasteiger partial charge in [0.15, 0.2) is 0 Å². The molecule has 1 rings (SSSR count). The number of hydrogen-bond acceptors (Lipinski definition) is 3. The molecule has 5 nitrogen and oxygen atoms in total. The fourth-order valence-electron chi connectivity index (χ4n) is 1.68. The minimum atomic E-state index is -4.80. The summed E-state index contributed by atoms with van der Waals surface area (Å²) < 4.78 is 40.1. The Morgan fingerprint density at radius 1 is 1.33 bits per heavy atom. The molecule has 0 aliphatic rings. The van der Waals surface area contributed by atoms with Crippen LogP contribution in [0, 0.1) is 0 Å². The molecule has 0 atom stereocenters. The zero-order chi connectivity index (χ0) is 16.0. The summed E-state index contributed by atoms with van der Waals surface area (Å²) in [5, 5.41) is 8.66. The Bertz CT molecular complexity index is 516. The molecule has 0 saturated carbocycles. The molecule has 21 heavy (non-hydrogen) atoms. The van der Waals surface area contributed by atoms with Crippen molar-refractivity contribution in [2.24, 2.45) is 0 Å². The number of hydrogen-bond donors (Lipinski definition) is 1. The van der Waals surface area contributed by atoms with E-state index >= 15 is 0 Å². The molecule has 0 spiro atoms. The number of rotatable bonds is 6. The molecule has 1 aromatic rings. The molecule has 0 radical (unpaired) electrons. The summed E-state index contributed by atoms with van der Waals surface area (Å²) in [6.07, 6.45) is -5.00. The van der Waals surface area contributed by atoms with Crippen molar-refractivity contribution in [2.75, 3.05) is 13.1 Å². The summed E-state index contributed by atoms with van der Waals surface area (Å²) in [6.45, 7) is 1.36. The highest BCUT2D eigenvalue weighted by atomic mass is 19.4. The van der Waals surface area contributed by atoms with Crippen LogP contribution in [-0.4, -0.2) is 41.3 Å². The van der Waals surface area contributed by atoms with Crippen LogP contribution < -0.4 is 4.74 Å². The minimum absolute atomic E-state index is 0.198. The number of amides is 1. The van der Waals surface area contributed by atoms with Gasteiger partial charge in [-0.1, -0.05) is 12.1 Å². The zero-order valence-electron chi connectivity index (χ0n) is 11.2. The van der Waals surface area contributed by atoms with Crippen molar-refractivity contribution in [3.8, 4) is 5.75 Å². The Kier molecular flexibility index (Phi) is 5.57.